The molecule has 0 spiro atoms. The van der Waals surface area contributed by atoms with Crippen molar-refractivity contribution in [3.05, 3.63) is 64.9 Å². The summed E-state index contributed by atoms with van der Waals surface area (Å²) in [6.07, 6.45) is 3.94. The third kappa shape index (κ3) is 2.41. The number of aromatic nitrogens is 1. The van der Waals surface area contributed by atoms with Gasteiger partial charge in [0.05, 0.1) is 0 Å². The molecule has 0 unspecified atom stereocenters. The van der Waals surface area contributed by atoms with Gasteiger partial charge in [0.1, 0.15) is 0 Å². The summed E-state index contributed by atoms with van der Waals surface area (Å²) in [4.78, 5) is 3.06. The lowest BCUT2D eigenvalue weighted by molar-refractivity contribution is 1.15. The number of fused-ring (bicyclic) bond motifs is 1. The summed E-state index contributed by atoms with van der Waals surface area (Å²) in [5, 5.41) is 5.92. The molecule has 18 heavy (non-hydrogen) atoms. The van der Waals surface area contributed by atoms with Crippen molar-refractivity contribution in [2.24, 2.45) is 0 Å². The first-order chi connectivity index (χ1) is 8.81. The first-order valence-corrected chi connectivity index (χ1v) is 6.65. The summed E-state index contributed by atoms with van der Waals surface area (Å²) < 4.78 is 1.11. The number of benzene rings is 2. The predicted molar refractivity (Wildman–Crippen MR) is 79.8 cm³/mol. The van der Waals surface area contributed by atoms with E-state index in [0.29, 0.717) is 0 Å². The Bertz CT molecular complexity index is 659. The molecule has 1 heterocycles. The standard InChI is InChI=1S/C15H13BrN2/c16-14-3-1-13-8-15(4-2-12(13)7-14)18-10-11-5-6-17-9-11/h1-9,17-18H,10H2. The van der Waals surface area contributed by atoms with Crippen molar-refractivity contribution in [3.63, 3.8) is 0 Å². The molecule has 0 aliphatic heterocycles. The summed E-state index contributed by atoms with van der Waals surface area (Å²) in [6.45, 7) is 0.839. The van der Waals surface area contributed by atoms with Crippen LogP contribution in [0.15, 0.2) is 59.3 Å². The molecular weight excluding hydrogens is 288 g/mol. The number of nitrogens with one attached hydrogen (secondary N) is 2. The fraction of sp³-hybridized carbons (Fsp3) is 0.0667. The van der Waals surface area contributed by atoms with Gasteiger partial charge in [-0.2, -0.15) is 0 Å². The van der Waals surface area contributed by atoms with Gasteiger partial charge in [-0.1, -0.05) is 28.1 Å². The first-order valence-electron chi connectivity index (χ1n) is 5.86. The highest BCUT2D eigenvalue weighted by Gasteiger charge is 1.98. The van der Waals surface area contributed by atoms with Crippen molar-refractivity contribution < 1.29 is 0 Å². The lowest BCUT2D eigenvalue weighted by atomic mass is 10.1. The molecular formula is C15H13BrN2. The lowest BCUT2D eigenvalue weighted by Crippen LogP contribution is -1.97. The molecule has 0 aliphatic carbocycles. The summed E-state index contributed by atoms with van der Waals surface area (Å²) in [6, 6.07) is 14.8. The molecule has 0 saturated heterocycles. The number of hydrogen-bond acceptors (Lipinski definition) is 1. The van der Waals surface area contributed by atoms with Crippen LogP contribution < -0.4 is 5.32 Å². The zero-order valence-corrected chi connectivity index (χ0v) is 11.4. The van der Waals surface area contributed by atoms with E-state index >= 15 is 0 Å². The Kier molecular flexibility index (Phi) is 3.07. The van der Waals surface area contributed by atoms with Crippen LogP contribution in [0, 0.1) is 0 Å². The molecule has 2 nitrogen and oxygen atoms in total. The first kappa shape index (κ1) is 11.4. The van der Waals surface area contributed by atoms with Gasteiger partial charge < -0.3 is 10.3 Å². The van der Waals surface area contributed by atoms with E-state index in [0.717, 1.165) is 16.7 Å². The van der Waals surface area contributed by atoms with Gasteiger partial charge in [-0.3, -0.25) is 0 Å². The van der Waals surface area contributed by atoms with Crippen LogP contribution in [0.3, 0.4) is 0 Å². The van der Waals surface area contributed by atoms with E-state index in [2.05, 4.69) is 68.7 Å². The van der Waals surface area contributed by atoms with E-state index in [-0.39, 0.29) is 0 Å². The molecule has 1 aromatic heterocycles. The maximum atomic E-state index is 3.49. The molecule has 3 rings (SSSR count). The number of halogens is 1. The maximum Gasteiger partial charge on any atom is 0.0415 e. The van der Waals surface area contributed by atoms with E-state index < -0.39 is 0 Å². The van der Waals surface area contributed by atoms with Crippen molar-refractivity contribution >= 4 is 32.4 Å². The van der Waals surface area contributed by atoms with Gasteiger partial charge in [-0.15, -0.1) is 0 Å². The molecule has 0 saturated carbocycles. The van der Waals surface area contributed by atoms with Crippen molar-refractivity contribution in [2.45, 2.75) is 6.54 Å². The van der Waals surface area contributed by atoms with Gasteiger partial charge in [0.15, 0.2) is 0 Å². The highest BCUT2D eigenvalue weighted by atomic mass is 79.9. The minimum atomic E-state index is 0.839. The number of rotatable bonds is 3. The van der Waals surface area contributed by atoms with Gasteiger partial charge in [0.25, 0.3) is 0 Å². The van der Waals surface area contributed by atoms with Crippen LogP contribution in [0.2, 0.25) is 0 Å². The van der Waals surface area contributed by atoms with Crippen molar-refractivity contribution in [2.75, 3.05) is 5.32 Å². The van der Waals surface area contributed by atoms with Gasteiger partial charge in [-0.05, 0) is 46.7 Å². The van der Waals surface area contributed by atoms with Crippen LogP contribution in [0.4, 0.5) is 5.69 Å². The highest BCUT2D eigenvalue weighted by molar-refractivity contribution is 9.10. The number of H-pyrrole nitrogens is 1. The molecule has 3 heteroatoms. The Hall–Kier alpha value is -1.74. The quantitative estimate of drug-likeness (QED) is 0.730. The van der Waals surface area contributed by atoms with E-state index in [1.807, 2.05) is 12.4 Å². The van der Waals surface area contributed by atoms with E-state index in [1.54, 1.807) is 0 Å². The van der Waals surface area contributed by atoms with Gasteiger partial charge in [-0.25, -0.2) is 0 Å². The topological polar surface area (TPSA) is 27.8 Å². The molecule has 0 bridgehead atoms. The minimum absolute atomic E-state index is 0.839. The number of aromatic amines is 1. The summed E-state index contributed by atoms with van der Waals surface area (Å²) >= 11 is 3.49. The molecule has 3 aromatic rings. The second-order valence-corrected chi connectivity index (χ2v) is 5.19. The Morgan fingerprint density at radius 3 is 2.67 bits per heavy atom. The Morgan fingerprint density at radius 2 is 1.83 bits per heavy atom. The van der Waals surface area contributed by atoms with Crippen LogP contribution in [0.25, 0.3) is 10.8 Å². The van der Waals surface area contributed by atoms with Crippen molar-refractivity contribution in [1.29, 1.82) is 0 Å². The largest absolute Gasteiger partial charge is 0.381 e. The van der Waals surface area contributed by atoms with Crippen LogP contribution in [-0.4, -0.2) is 4.98 Å². The maximum absolute atomic E-state index is 3.49. The van der Waals surface area contributed by atoms with Gasteiger partial charge in [0.2, 0.25) is 0 Å². The smallest absolute Gasteiger partial charge is 0.0415 e. The van der Waals surface area contributed by atoms with Crippen molar-refractivity contribution in [3.8, 4) is 0 Å². The number of hydrogen-bond donors (Lipinski definition) is 2. The molecule has 2 N–H and O–H groups in total. The predicted octanol–water partition coefficient (Wildman–Crippen LogP) is 4.54. The minimum Gasteiger partial charge on any atom is -0.381 e. The molecule has 90 valence electrons. The average molecular weight is 301 g/mol. The zero-order valence-electron chi connectivity index (χ0n) is 9.78. The van der Waals surface area contributed by atoms with E-state index in [9.17, 15) is 0 Å². The van der Waals surface area contributed by atoms with Crippen LogP contribution in [0.1, 0.15) is 5.56 Å². The molecule has 0 fully saturated rings. The van der Waals surface area contributed by atoms with Crippen LogP contribution >= 0.6 is 15.9 Å². The summed E-state index contributed by atoms with van der Waals surface area (Å²) in [7, 11) is 0. The average Bonchev–Trinajstić information content (AvgIpc) is 2.89. The summed E-state index contributed by atoms with van der Waals surface area (Å²) in [5.41, 5.74) is 2.40. The third-order valence-corrected chi connectivity index (χ3v) is 3.45. The van der Waals surface area contributed by atoms with Crippen LogP contribution in [0.5, 0.6) is 0 Å². The Balaban J connectivity index is 1.82. The van der Waals surface area contributed by atoms with Gasteiger partial charge in [0, 0.05) is 29.1 Å². The number of anilines is 1. The molecule has 0 atom stereocenters. The fourth-order valence-corrected chi connectivity index (χ4v) is 2.38. The normalized spacial score (nSPS) is 10.7. The third-order valence-electron chi connectivity index (χ3n) is 2.96. The monoisotopic (exact) mass is 300 g/mol. The molecule has 0 radical (unpaired) electrons. The van der Waals surface area contributed by atoms with E-state index in [1.165, 1.54) is 16.3 Å². The SMILES string of the molecule is Brc1ccc2cc(NCc3cc[nH]c3)ccc2c1. The lowest BCUT2D eigenvalue weighted by Gasteiger charge is -2.07. The fourth-order valence-electron chi connectivity index (χ4n) is 2.00. The van der Waals surface area contributed by atoms with Crippen LogP contribution in [-0.2, 0) is 6.54 Å². The Morgan fingerprint density at radius 1 is 1.00 bits per heavy atom. The van der Waals surface area contributed by atoms with E-state index in [4.69, 9.17) is 0 Å². The van der Waals surface area contributed by atoms with Gasteiger partial charge >= 0.3 is 0 Å². The Labute approximate surface area is 114 Å². The molecule has 0 amide bonds. The van der Waals surface area contributed by atoms with Crippen molar-refractivity contribution in [1.82, 2.24) is 4.98 Å². The summed E-state index contributed by atoms with van der Waals surface area (Å²) in [5.74, 6) is 0. The second-order valence-electron chi connectivity index (χ2n) is 4.28. The zero-order chi connectivity index (χ0) is 12.4. The molecule has 2 aromatic carbocycles. The second kappa shape index (κ2) is 4.86. The molecule has 0 aliphatic rings. The highest BCUT2D eigenvalue weighted by Crippen LogP contribution is 2.23.